The Morgan fingerprint density at radius 3 is 2.81 bits per heavy atom. The van der Waals surface area contributed by atoms with Crippen molar-refractivity contribution in [3.63, 3.8) is 0 Å². The highest BCUT2D eigenvalue weighted by Crippen LogP contribution is 2.23. The summed E-state index contributed by atoms with van der Waals surface area (Å²) in [6, 6.07) is 6.08. The zero-order valence-electron chi connectivity index (χ0n) is 14.7. The highest BCUT2D eigenvalue weighted by atomic mass is 16.5. The van der Waals surface area contributed by atoms with E-state index in [1.54, 1.807) is 21.9 Å². The number of nitrogens with zero attached hydrogens (tertiary/aromatic N) is 2. The van der Waals surface area contributed by atoms with Gasteiger partial charge in [0.15, 0.2) is 0 Å². The lowest BCUT2D eigenvalue weighted by Crippen LogP contribution is -2.65. The largest absolute Gasteiger partial charge is 0.487 e. The summed E-state index contributed by atoms with van der Waals surface area (Å²) in [5.74, 6) is -0.672. The van der Waals surface area contributed by atoms with Gasteiger partial charge in [-0.1, -0.05) is 6.07 Å². The molecule has 2 atom stereocenters. The number of carbonyl (C=O) groups excluding carboxylic acids is 2. The van der Waals surface area contributed by atoms with Crippen molar-refractivity contribution in [3.05, 3.63) is 29.8 Å². The molecule has 0 bridgehead atoms. The van der Waals surface area contributed by atoms with Gasteiger partial charge < -0.3 is 29.7 Å². The number of aromatic carboxylic acids is 1. The Balaban J connectivity index is 1.28. The van der Waals surface area contributed by atoms with Crippen LogP contribution in [0.25, 0.3) is 0 Å². The van der Waals surface area contributed by atoms with Crippen LogP contribution in [0.2, 0.25) is 0 Å². The van der Waals surface area contributed by atoms with Crippen LogP contribution in [-0.2, 0) is 9.53 Å². The minimum atomic E-state index is -1.01. The molecule has 3 fully saturated rings. The molecule has 0 aromatic heterocycles. The van der Waals surface area contributed by atoms with E-state index in [0.29, 0.717) is 38.3 Å². The predicted molar refractivity (Wildman–Crippen MR) is 92.6 cm³/mol. The molecule has 3 aliphatic rings. The molecule has 2 N–H and O–H groups in total. The van der Waals surface area contributed by atoms with Gasteiger partial charge in [0.05, 0.1) is 30.8 Å². The van der Waals surface area contributed by atoms with Crippen LogP contribution in [0.15, 0.2) is 24.3 Å². The van der Waals surface area contributed by atoms with E-state index in [0.717, 1.165) is 0 Å². The summed E-state index contributed by atoms with van der Waals surface area (Å²) in [6.07, 6.45) is 0.515. The first-order valence-electron chi connectivity index (χ1n) is 8.94. The van der Waals surface area contributed by atoms with Crippen LogP contribution in [0.5, 0.6) is 5.75 Å². The van der Waals surface area contributed by atoms with Crippen molar-refractivity contribution in [2.45, 2.75) is 24.7 Å². The first kappa shape index (κ1) is 17.6. The Hall–Kier alpha value is -2.81. The third-order valence-corrected chi connectivity index (χ3v) is 5.10. The van der Waals surface area contributed by atoms with Gasteiger partial charge in [0.2, 0.25) is 5.91 Å². The van der Waals surface area contributed by atoms with Crippen LogP contribution in [0.3, 0.4) is 0 Å². The molecule has 0 radical (unpaired) electrons. The van der Waals surface area contributed by atoms with Crippen LogP contribution in [0.1, 0.15) is 16.8 Å². The summed E-state index contributed by atoms with van der Waals surface area (Å²) in [5, 5.41) is 11.9. The second-order valence-electron chi connectivity index (χ2n) is 7.02. The second-order valence-corrected chi connectivity index (χ2v) is 7.02. The first-order valence-corrected chi connectivity index (χ1v) is 8.94. The Morgan fingerprint density at radius 2 is 2.04 bits per heavy atom. The maximum atomic E-state index is 12.6. The molecule has 9 nitrogen and oxygen atoms in total. The molecule has 1 aromatic rings. The van der Waals surface area contributed by atoms with Crippen molar-refractivity contribution in [1.82, 2.24) is 15.1 Å². The van der Waals surface area contributed by atoms with Crippen molar-refractivity contribution in [1.29, 1.82) is 0 Å². The van der Waals surface area contributed by atoms with Gasteiger partial charge in [-0.15, -0.1) is 0 Å². The van der Waals surface area contributed by atoms with Crippen molar-refractivity contribution in [2.75, 3.05) is 32.8 Å². The number of piperidine rings is 1. The summed E-state index contributed by atoms with van der Waals surface area (Å²) < 4.78 is 11.3. The van der Waals surface area contributed by atoms with Crippen LogP contribution in [-0.4, -0.2) is 83.8 Å². The summed E-state index contributed by atoms with van der Waals surface area (Å²) in [4.78, 5) is 38.6. The number of carbonyl (C=O) groups is 3. The molecule has 3 amide bonds. The maximum absolute atomic E-state index is 12.6. The Labute approximate surface area is 155 Å². The van der Waals surface area contributed by atoms with Crippen molar-refractivity contribution < 1.29 is 29.0 Å². The molecule has 27 heavy (non-hydrogen) atoms. The number of urea groups is 1. The molecule has 3 saturated heterocycles. The van der Waals surface area contributed by atoms with E-state index >= 15 is 0 Å². The number of carboxylic acids is 1. The topological polar surface area (TPSA) is 108 Å². The van der Waals surface area contributed by atoms with E-state index in [1.165, 1.54) is 12.1 Å². The van der Waals surface area contributed by atoms with E-state index in [9.17, 15) is 14.4 Å². The van der Waals surface area contributed by atoms with Gasteiger partial charge in [-0.3, -0.25) is 4.79 Å². The van der Waals surface area contributed by atoms with Gasteiger partial charge in [0.25, 0.3) is 0 Å². The zero-order valence-corrected chi connectivity index (χ0v) is 14.7. The molecule has 3 aliphatic heterocycles. The number of likely N-dealkylation sites (tertiary alicyclic amines) is 2. The average molecular weight is 375 g/mol. The SMILES string of the molecule is O=C1CO[C@H]2CCN(C(=O)N3CC(Oc4cccc(C(=O)O)c4)C3)C[C@H]2N1. The Bertz CT molecular complexity index is 763. The molecule has 0 aliphatic carbocycles. The standard InChI is InChI=1S/C18H21N3O6/c22-16-10-26-15-4-5-20(9-14(15)19-16)18(25)21-7-13(8-21)27-12-3-1-2-11(6-12)17(23)24/h1-3,6,13-15H,4-5,7-10H2,(H,19,22)(H,23,24)/t14-,15+/m1/s1. The molecular formula is C18H21N3O6. The Kier molecular flexibility index (Phi) is 4.61. The molecule has 0 saturated carbocycles. The summed E-state index contributed by atoms with van der Waals surface area (Å²) in [5.41, 5.74) is 0.166. The lowest BCUT2D eigenvalue weighted by molar-refractivity contribution is -0.139. The number of amides is 3. The molecule has 3 heterocycles. The van der Waals surface area contributed by atoms with Gasteiger partial charge >= 0.3 is 12.0 Å². The van der Waals surface area contributed by atoms with Gasteiger partial charge in [0.1, 0.15) is 18.5 Å². The van der Waals surface area contributed by atoms with Crippen LogP contribution >= 0.6 is 0 Å². The number of rotatable bonds is 3. The highest BCUT2D eigenvalue weighted by Gasteiger charge is 2.40. The second kappa shape index (κ2) is 7.07. The fraction of sp³-hybridized carbons (Fsp3) is 0.500. The van der Waals surface area contributed by atoms with Crippen molar-refractivity contribution in [2.24, 2.45) is 0 Å². The predicted octanol–water partition coefficient (Wildman–Crippen LogP) is 0.157. The van der Waals surface area contributed by atoms with E-state index < -0.39 is 5.97 Å². The third-order valence-electron chi connectivity index (χ3n) is 5.10. The monoisotopic (exact) mass is 375 g/mol. The number of morpholine rings is 1. The van der Waals surface area contributed by atoms with Gasteiger partial charge in [-0.05, 0) is 24.6 Å². The zero-order chi connectivity index (χ0) is 19.0. The summed E-state index contributed by atoms with van der Waals surface area (Å²) >= 11 is 0. The number of hydrogen-bond donors (Lipinski definition) is 2. The molecule has 144 valence electrons. The van der Waals surface area contributed by atoms with Crippen LogP contribution in [0.4, 0.5) is 4.79 Å². The third kappa shape index (κ3) is 3.68. The van der Waals surface area contributed by atoms with Crippen molar-refractivity contribution in [3.8, 4) is 5.75 Å². The molecule has 0 unspecified atom stereocenters. The quantitative estimate of drug-likeness (QED) is 0.779. The molecule has 4 rings (SSSR count). The fourth-order valence-electron chi connectivity index (χ4n) is 3.64. The number of hydrogen-bond acceptors (Lipinski definition) is 5. The number of nitrogens with one attached hydrogen (secondary N) is 1. The molecule has 1 aromatic carbocycles. The molecule has 9 heteroatoms. The summed E-state index contributed by atoms with van der Waals surface area (Å²) in [6.45, 7) is 2.02. The molecular weight excluding hydrogens is 354 g/mol. The fourth-order valence-corrected chi connectivity index (χ4v) is 3.64. The normalized spacial score (nSPS) is 25.3. The van der Waals surface area contributed by atoms with Gasteiger partial charge in [0, 0.05) is 13.1 Å². The van der Waals surface area contributed by atoms with Crippen molar-refractivity contribution >= 4 is 17.9 Å². The van der Waals surface area contributed by atoms with E-state index in [1.807, 2.05) is 0 Å². The minimum Gasteiger partial charge on any atom is -0.487 e. The number of carboxylic acid groups (broad SMARTS) is 1. The smallest absolute Gasteiger partial charge is 0.335 e. The van der Waals surface area contributed by atoms with Gasteiger partial charge in [-0.25, -0.2) is 9.59 Å². The van der Waals surface area contributed by atoms with Gasteiger partial charge in [-0.2, -0.15) is 0 Å². The number of benzene rings is 1. The number of fused-ring (bicyclic) bond motifs is 1. The van der Waals surface area contributed by atoms with E-state index in [2.05, 4.69) is 5.32 Å². The number of ether oxygens (including phenoxy) is 2. The van der Waals surface area contributed by atoms with Crippen LogP contribution < -0.4 is 10.1 Å². The summed E-state index contributed by atoms with van der Waals surface area (Å²) in [7, 11) is 0. The lowest BCUT2D eigenvalue weighted by Gasteiger charge is -2.45. The first-order chi connectivity index (χ1) is 13.0. The average Bonchev–Trinajstić information content (AvgIpc) is 2.63. The lowest BCUT2D eigenvalue weighted by atomic mass is 10.0. The minimum absolute atomic E-state index is 0.0271. The Morgan fingerprint density at radius 1 is 1.22 bits per heavy atom. The highest BCUT2D eigenvalue weighted by molar-refractivity contribution is 5.88. The van der Waals surface area contributed by atoms with E-state index in [-0.39, 0.29) is 42.4 Å². The molecule has 0 spiro atoms. The maximum Gasteiger partial charge on any atom is 0.335 e. The van der Waals surface area contributed by atoms with Crippen LogP contribution in [0, 0.1) is 0 Å². The van der Waals surface area contributed by atoms with E-state index in [4.69, 9.17) is 14.6 Å².